The Morgan fingerprint density at radius 2 is 1.57 bits per heavy atom. The Morgan fingerprint density at radius 3 is 2.54 bits per heavy atom. The van der Waals surface area contributed by atoms with Crippen LogP contribution in [0.1, 0.15) is 5.56 Å². The van der Waals surface area contributed by atoms with Gasteiger partial charge in [-0.15, -0.1) is 0 Å². The second-order valence-electron chi connectivity index (χ2n) is 7.19. The third-order valence-electron chi connectivity index (χ3n) is 5.44. The average Bonchev–Trinajstić information content (AvgIpc) is 3.12. The van der Waals surface area contributed by atoms with E-state index in [-0.39, 0.29) is 0 Å². The van der Waals surface area contributed by atoms with Gasteiger partial charge in [0, 0.05) is 27.1 Å². The lowest BCUT2D eigenvalue weighted by atomic mass is 9.99. The first-order valence-corrected chi connectivity index (χ1v) is 9.34. The van der Waals surface area contributed by atoms with Crippen molar-refractivity contribution in [3.05, 3.63) is 84.7 Å². The standard InChI is InChI=1S/C25H16N2O/c1-15-9-11-17-16(13-15)10-12-20-23(17)26-14-27-24(20)21-7-4-6-19-18-5-2-3-8-22(18)28-25(19)21/h2-14H,1H3. The van der Waals surface area contributed by atoms with Crippen molar-refractivity contribution in [3.63, 3.8) is 0 Å². The molecule has 4 aromatic carbocycles. The van der Waals surface area contributed by atoms with E-state index in [0.29, 0.717) is 0 Å². The molecule has 0 saturated carbocycles. The Hall–Kier alpha value is -3.72. The molecule has 132 valence electrons. The molecule has 2 heterocycles. The van der Waals surface area contributed by atoms with Gasteiger partial charge in [-0.1, -0.05) is 60.2 Å². The van der Waals surface area contributed by atoms with Gasteiger partial charge in [-0.05, 0) is 30.5 Å². The molecule has 0 unspecified atom stereocenters. The molecule has 6 rings (SSSR count). The van der Waals surface area contributed by atoms with Crippen molar-refractivity contribution in [2.75, 3.05) is 0 Å². The molecular formula is C25H16N2O. The second kappa shape index (κ2) is 5.64. The molecule has 3 nitrogen and oxygen atoms in total. The zero-order valence-corrected chi connectivity index (χ0v) is 15.3. The van der Waals surface area contributed by atoms with Gasteiger partial charge in [0.25, 0.3) is 0 Å². The minimum Gasteiger partial charge on any atom is -0.455 e. The molecule has 0 bridgehead atoms. The van der Waals surface area contributed by atoms with Crippen molar-refractivity contribution in [1.29, 1.82) is 0 Å². The summed E-state index contributed by atoms with van der Waals surface area (Å²) >= 11 is 0. The predicted octanol–water partition coefficient (Wildman–Crippen LogP) is 6.66. The van der Waals surface area contributed by atoms with Crippen LogP contribution in [0.25, 0.3) is 54.9 Å². The van der Waals surface area contributed by atoms with Crippen LogP contribution in [0, 0.1) is 6.92 Å². The summed E-state index contributed by atoms with van der Waals surface area (Å²) in [5.41, 5.74) is 5.87. The van der Waals surface area contributed by atoms with Crippen LogP contribution in [0.15, 0.2) is 83.5 Å². The fourth-order valence-electron chi connectivity index (χ4n) is 4.13. The summed E-state index contributed by atoms with van der Waals surface area (Å²) in [5.74, 6) is 0. The maximum atomic E-state index is 6.23. The number of furan rings is 1. The summed E-state index contributed by atoms with van der Waals surface area (Å²) in [5, 5.41) is 5.60. The first-order valence-electron chi connectivity index (χ1n) is 9.34. The predicted molar refractivity (Wildman–Crippen MR) is 114 cm³/mol. The first kappa shape index (κ1) is 15.3. The lowest BCUT2D eigenvalue weighted by Crippen LogP contribution is -1.91. The highest BCUT2D eigenvalue weighted by atomic mass is 16.3. The van der Waals surface area contributed by atoms with Gasteiger partial charge in [0.1, 0.15) is 17.5 Å². The number of nitrogens with zero attached hydrogens (tertiary/aromatic N) is 2. The number of rotatable bonds is 1. The van der Waals surface area contributed by atoms with Gasteiger partial charge in [0.15, 0.2) is 0 Å². The summed E-state index contributed by atoms with van der Waals surface area (Å²) in [6, 6.07) is 25.1. The average molecular weight is 360 g/mol. The first-order chi connectivity index (χ1) is 13.8. The van der Waals surface area contributed by atoms with Crippen molar-refractivity contribution >= 4 is 43.6 Å². The molecule has 2 aromatic heterocycles. The van der Waals surface area contributed by atoms with Gasteiger partial charge in [0.05, 0.1) is 11.2 Å². The van der Waals surface area contributed by atoms with Crippen molar-refractivity contribution in [2.24, 2.45) is 0 Å². The molecule has 0 amide bonds. The number of para-hydroxylation sites is 2. The number of aryl methyl sites for hydroxylation is 1. The van der Waals surface area contributed by atoms with E-state index in [0.717, 1.165) is 49.5 Å². The van der Waals surface area contributed by atoms with Crippen molar-refractivity contribution < 1.29 is 4.42 Å². The molecule has 0 aliphatic rings. The second-order valence-corrected chi connectivity index (χ2v) is 7.19. The lowest BCUT2D eigenvalue weighted by Gasteiger charge is -2.09. The van der Waals surface area contributed by atoms with E-state index in [9.17, 15) is 0 Å². The number of benzene rings is 4. The quantitative estimate of drug-likeness (QED) is 0.308. The zero-order chi connectivity index (χ0) is 18.7. The van der Waals surface area contributed by atoms with E-state index in [4.69, 9.17) is 4.42 Å². The van der Waals surface area contributed by atoms with Crippen molar-refractivity contribution in [1.82, 2.24) is 9.97 Å². The zero-order valence-electron chi connectivity index (χ0n) is 15.3. The molecule has 0 saturated heterocycles. The molecule has 3 heteroatoms. The van der Waals surface area contributed by atoms with Gasteiger partial charge >= 0.3 is 0 Å². The van der Waals surface area contributed by atoms with Crippen molar-refractivity contribution in [3.8, 4) is 11.3 Å². The van der Waals surface area contributed by atoms with E-state index in [1.54, 1.807) is 6.33 Å². The van der Waals surface area contributed by atoms with Crippen LogP contribution in [0.2, 0.25) is 0 Å². The molecule has 6 aromatic rings. The number of hydrogen-bond donors (Lipinski definition) is 0. The normalized spacial score (nSPS) is 11.8. The Balaban J connectivity index is 1.72. The van der Waals surface area contributed by atoms with E-state index in [2.05, 4.69) is 71.5 Å². The minimum atomic E-state index is 0.868. The molecule has 0 radical (unpaired) electrons. The van der Waals surface area contributed by atoms with Crippen LogP contribution >= 0.6 is 0 Å². The van der Waals surface area contributed by atoms with Crippen LogP contribution in [0.3, 0.4) is 0 Å². The largest absolute Gasteiger partial charge is 0.455 e. The smallest absolute Gasteiger partial charge is 0.144 e. The molecule has 28 heavy (non-hydrogen) atoms. The summed E-state index contributed by atoms with van der Waals surface area (Å²) in [6.45, 7) is 2.11. The summed E-state index contributed by atoms with van der Waals surface area (Å²) in [4.78, 5) is 9.26. The maximum Gasteiger partial charge on any atom is 0.144 e. The highest BCUT2D eigenvalue weighted by Crippen LogP contribution is 2.38. The Morgan fingerprint density at radius 1 is 0.714 bits per heavy atom. The molecule has 0 spiro atoms. The third-order valence-corrected chi connectivity index (χ3v) is 5.44. The van der Waals surface area contributed by atoms with Crippen molar-refractivity contribution in [2.45, 2.75) is 6.92 Å². The molecule has 0 aliphatic heterocycles. The van der Waals surface area contributed by atoms with Gasteiger partial charge in [-0.25, -0.2) is 9.97 Å². The van der Waals surface area contributed by atoms with E-state index >= 15 is 0 Å². The fraction of sp³-hybridized carbons (Fsp3) is 0.0400. The molecular weight excluding hydrogens is 344 g/mol. The molecule has 0 atom stereocenters. The summed E-state index contributed by atoms with van der Waals surface area (Å²) in [7, 11) is 0. The summed E-state index contributed by atoms with van der Waals surface area (Å²) < 4.78 is 6.23. The molecule has 0 fully saturated rings. The molecule has 0 N–H and O–H groups in total. The van der Waals surface area contributed by atoms with Crippen LogP contribution in [0.5, 0.6) is 0 Å². The number of fused-ring (bicyclic) bond motifs is 6. The van der Waals surface area contributed by atoms with E-state index < -0.39 is 0 Å². The van der Waals surface area contributed by atoms with Crippen LogP contribution < -0.4 is 0 Å². The monoisotopic (exact) mass is 360 g/mol. The number of aromatic nitrogens is 2. The van der Waals surface area contributed by atoms with E-state index in [1.807, 2.05) is 18.2 Å². The fourth-order valence-corrected chi connectivity index (χ4v) is 4.13. The van der Waals surface area contributed by atoms with Gasteiger partial charge in [-0.2, -0.15) is 0 Å². The Kier molecular flexibility index (Phi) is 3.09. The number of hydrogen-bond acceptors (Lipinski definition) is 3. The summed E-state index contributed by atoms with van der Waals surface area (Å²) in [6.07, 6.45) is 1.65. The molecule has 0 aliphatic carbocycles. The lowest BCUT2D eigenvalue weighted by molar-refractivity contribution is 0.670. The van der Waals surface area contributed by atoms with Gasteiger partial charge in [-0.3, -0.25) is 0 Å². The van der Waals surface area contributed by atoms with E-state index in [1.165, 1.54) is 10.9 Å². The Bertz CT molecular complexity index is 1530. The Labute approximate surface area is 161 Å². The SMILES string of the molecule is Cc1ccc2c(ccc3c(-c4cccc5c4oc4ccccc45)ncnc32)c1. The van der Waals surface area contributed by atoms with Crippen LogP contribution in [0.4, 0.5) is 0 Å². The topological polar surface area (TPSA) is 38.9 Å². The maximum absolute atomic E-state index is 6.23. The van der Waals surface area contributed by atoms with Gasteiger partial charge < -0.3 is 4.42 Å². The highest BCUT2D eigenvalue weighted by molar-refractivity contribution is 6.14. The minimum absolute atomic E-state index is 0.868. The third kappa shape index (κ3) is 2.10. The van der Waals surface area contributed by atoms with Crippen LogP contribution in [-0.4, -0.2) is 9.97 Å². The van der Waals surface area contributed by atoms with Gasteiger partial charge in [0.2, 0.25) is 0 Å². The van der Waals surface area contributed by atoms with Crippen LogP contribution in [-0.2, 0) is 0 Å². The highest BCUT2D eigenvalue weighted by Gasteiger charge is 2.15.